The Morgan fingerprint density at radius 2 is 1.85 bits per heavy atom. The number of nitrogens with two attached hydrogens (primary N) is 1. The van der Waals surface area contributed by atoms with Gasteiger partial charge in [0.05, 0.1) is 10.6 Å². The lowest BCUT2D eigenvalue weighted by Crippen LogP contribution is -2.14. The van der Waals surface area contributed by atoms with Crippen molar-refractivity contribution in [1.82, 2.24) is 0 Å². The first-order valence-electron chi connectivity index (χ1n) is 5.96. The molecule has 0 amide bonds. The summed E-state index contributed by atoms with van der Waals surface area (Å²) in [5, 5.41) is 0. The van der Waals surface area contributed by atoms with Crippen LogP contribution in [0.15, 0.2) is 52.3 Å². The van der Waals surface area contributed by atoms with Crippen LogP contribution < -0.4 is 10.5 Å². The van der Waals surface area contributed by atoms with Crippen LogP contribution in [0.2, 0.25) is 0 Å². The zero-order valence-electron chi connectivity index (χ0n) is 11.3. The number of para-hydroxylation sites is 1. The second-order valence-corrected chi connectivity index (χ2v) is 6.85. The third-order valence-corrected chi connectivity index (χ3v) is 5.07. The lowest BCUT2D eigenvalue weighted by atomic mass is 10.2. The zero-order chi connectivity index (χ0) is 14.8. The predicted molar refractivity (Wildman–Crippen MR) is 84.6 cm³/mol. The third-order valence-electron chi connectivity index (χ3n) is 2.91. The molecule has 0 saturated heterocycles. The van der Waals surface area contributed by atoms with Crippen LogP contribution in [0.25, 0.3) is 0 Å². The minimum Gasteiger partial charge on any atom is -0.398 e. The van der Waals surface area contributed by atoms with Crippen molar-refractivity contribution in [2.45, 2.75) is 16.7 Å². The van der Waals surface area contributed by atoms with Gasteiger partial charge >= 0.3 is 0 Å². The van der Waals surface area contributed by atoms with E-state index in [1.54, 1.807) is 24.3 Å². The number of anilines is 2. The van der Waals surface area contributed by atoms with Gasteiger partial charge in [0.2, 0.25) is 0 Å². The molecule has 6 heteroatoms. The number of rotatable bonds is 4. The van der Waals surface area contributed by atoms with Gasteiger partial charge in [0, 0.05) is 10.6 Å². The lowest BCUT2D eigenvalue weighted by Gasteiger charge is -2.12. The predicted octanol–water partition coefficient (Wildman–Crippen LogP) is 3.10. The third kappa shape index (κ3) is 3.08. The molecule has 0 radical (unpaired) electrons. The number of benzene rings is 2. The number of aryl methyl sites for hydroxylation is 1. The first-order chi connectivity index (χ1) is 9.44. The summed E-state index contributed by atoms with van der Waals surface area (Å²) < 4.78 is 27.3. The van der Waals surface area contributed by atoms with E-state index in [9.17, 15) is 8.42 Å². The summed E-state index contributed by atoms with van der Waals surface area (Å²) in [5.41, 5.74) is 7.66. The summed E-state index contributed by atoms with van der Waals surface area (Å²) in [6.07, 6.45) is 1.90. The van der Waals surface area contributed by atoms with E-state index in [1.807, 2.05) is 25.3 Å². The molecule has 0 heterocycles. The van der Waals surface area contributed by atoms with Crippen LogP contribution in [0.3, 0.4) is 0 Å². The second-order valence-electron chi connectivity index (χ2n) is 4.32. The quantitative estimate of drug-likeness (QED) is 0.672. The van der Waals surface area contributed by atoms with Gasteiger partial charge < -0.3 is 5.73 Å². The van der Waals surface area contributed by atoms with Gasteiger partial charge in [0.1, 0.15) is 0 Å². The van der Waals surface area contributed by atoms with E-state index >= 15 is 0 Å². The molecular formula is C14H16N2O2S2. The molecule has 0 fully saturated rings. The molecule has 0 aliphatic rings. The Hall–Kier alpha value is -1.66. The maximum absolute atomic E-state index is 12.4. The summed E-state index contributed by atoms with van der Waals surface area (Å²) in [7, 11) is -3.63. The van der Waals surface area contributed by atoms with Gasteiger partial charge in [0.25, 0.3) is 10.0 Å². The van der Waals surface area contributed by atoms with Gasteiger partial charge in [-0.05, 0) is 43.0 Å². The minimum absolute atomic E-state index is 0.163. The number of thioether (sulfide) groups is 1. The Balaban J connectivity index is 2.38. The highest BCUT2D eigenvalue weighted by Gasteiger charge is 2.16. The first kappa shape index (κ1) is 14.7. The number of hydrogen-bond donors (Lipinski definition) is 2. The molecular weight excluding hydrogens is 292 g/mol. The topological polar surface area (TPSA) is 72.2 Å². The van der Waals surface area contributed by atoms with Crippen LogP contribution in [0.1, 0.15) is 5.56 Å². The molecule has 0 bridgehead atoms. The Morgan fingerprint density at radius 1 is 1.15 bits per heavy atom. The summed E-state index contributed by atoms with van der Waals surface area (Å²) in [6, 6.07) is 12.0. The van der Waals surface area contributed by atoms with E-state index in [-0.39, 0.29) is 4.90 Å². The second kappa shape index (κ2) is 5.76. The van der Waals surface area contributed by atoms with E-state index in [1.165, 1.54) is 17.8 Å². The lowest BCUT2D eigenvalue weighted by molar-refractivity contribution is 0.601. The van der Waals surface area contributed by atoms with Gasteiger partial charge in [-0.3, -0.25) is 4.72 Å². The van der Waals surface area contributed by atoms with Crippen molar-refractivity contribution in [3.63, 3.8) is 0 Å². The van der Waals surface area contributed by atoms with E-state index in [2.05, 4.69) is 4.72 Å². The van der Waals surface area contributed by atoms with Crippen LogP contribution >= 0.6 is 11.8 Å². The largest absolute Gasteiger partial charge is 0.398 e. The molecule has 0 saturated carbocycles. The standard InChI is InChI=1S/C14H16N2O2S2/c1-10-7-8-11(9-12(10)15)20(17,18)16-13-5-3-4-6-14(13)19-2/h3-9,16H,15H2,1-2H3. The number of nitrogen functional groups attached to an aromatic ring is 1. The average Bonchev–Trinajstić information content (AvgIpc) is 2.42. The zero-order valence-corrected chi connectivity index (χ0v) is 12.9. The van der Waals surface area contributed by atoms with Gasteiger partial charge in [0.15, 0.2) is 0 Å². The molecule has 4 nitrogen and oxygen atoms in total. The first-order valence-corrected chi connectivity index (χ1v) is 8.67. The van der Waals surface area contributed by atoms with E-state index in [0.717, 1.165) is 10.5 Å². The van der Waals surface area contributed by atoms with Crippen LogP contribution in [0.5, 0.6) is 0 Å². The molecule has 2 aromatic rings. The summed E-state index contributed by atoms with van der Waals surface area (Å²) in [4.78, 5) is 1.03. The van der Waals surface area contributed by atoms with Gasteiger partial charge in [-0.1, -0.05) is 18.2 Å². The van der Waals surface area contributed by atoms with Gasteiger partial charge in [-0.15, -0.1) is 11.8 Å². The Morgan fingerprint density at radius 3 is 2.50 bits per heavy atom. The molecule has 0 aliphatic carbocycles. The van der Waals surface area contributed by atoms with Crippen LogP contribution in [-0.2, 0) is 10.0 Å². The van der Waals surface area contributed by atoms with E-state index < -0.39 is 10.0 Å². The van der Waals surface area contributed by atoms with Crippen LogP contribution in [0, 0.1) is 6.92 Å². The van der Waals surface area contributed by atoms with Crippen molar-refractivity contribution in [3.05, 3.63) is 48.0 Å². The van der Waals surface area contributed by atoms with Gasteiger partial charge in [-0.2, -0.15) is 0 Å². The molecule has 3 N–H and O–H groups in total. The fourth-order valence-electron chi connectivity index (χ4n) is 1.72. The van der Waals surface area contributed by atoms with Crippen molar-refractivity contribution in [2.24, 2.45) is 0 Å². The maximum atomic E-state index is 12.4. The summed E-state index contributed by atoms with van der Waals surface area (Å²) in [5.74, 6) is 0. The maximum Gasteiger partial charge on any atom is 0.262 e. The highest BCUT2D eigenvalue weighted by atomic mass is 32.2. The number of nitrogens with one attached hydrogen (secondary N) is 1. The van der Waals surface area contributed by atoms with Crippen molar-refractivity contribution >= 4 is 33.2 Å². The number of sulfonamides is 1. The molecule has 106 valence electrons. The summed E-state index contributed by atoms with van der Waals surface area (Å²) >= 11 is 1.49. The van der Waals surface area contributed by atoms with Crippen LogP contribution in [0.4, 0.5) is 11.4 Å². The molecule has 0 aliphatic heterocycles. The average molecular weight is 308 g/mol. The Labute approximate surface area is 123 Å². The SMILES string of the molecule is CSc1ccccc1NS(=O)(=O)c1ccc(C)c(N)c1. The molecule has 0 spiro atoms. The molecule has 2 rings (SSSR count). The highest BCUT2D eigenvalue weighted by Crippen LogP contribution is 2.27. The molecule has 2 aromatic carbocycles. The molecule has 0 atom stereocenters. The molecule has 0 aromatic heterocycles. The number of hydrogen-bond acceptors (Lipinski definition) is 4. The van der Waals surface area contributed by atoms with Crippen molar-refractivity contribution in [2.75, 3.05) is 16.7 Å². The van der Waals surface area contributed by atoms with Crippen LogP contribution in [-0.4, -0.2) is 14.7 Å². The fraction of sp³-hybridized carbons (Fsp3) is 0.143. The Kier molecular flexibility index (Phi) is 4.25. The fourth-order valence-corrected chi connectivity index (χ4v) is 3.45. The monoisotopic (exact) mass is 308 g/mol. The normalized spacial score (nSPS) is 11.3. The minimum atomic E-state index is -3.63. The molecule has 0 unspecified atom stereocenters. The van der Waals surface area contributed by atoms with Gasteiger partial charge in [-0.25, -0.2) is 8.42 Å². The highest BCUT2D eigenvalue weighted by molar-refractivity contribution is 7.99. The Bertz CT molecular complexity index is 728. The van der Waals surface area contributed by atoms with Crippen molar-refractivity contribution in [1.29, 1.82) is 0 Å². The molecule has 20 heavy (non-hydrogen) atoms. The van der Waals surface area contributed by atoms with Crippen molar-refractivity contribution < 1.29 is 8.42 Å². The van der Waals surface area contributed by atoms with Crippen molar-refractivity contribution in [3.8, 4) is 0 Å². The van der Waals surface area contributed by atoms with E-state index in [0.29, 0.717) is 11.4 Å². The summed E-state index contributed by atoms with van der Waals surface area (Å²) in [6.45, 7) is 1.84. The van der Waals surface area contributed by atoms with E-state index in [4.69, 9.17) is 5.73 Å². The smallest absolute Gasteiger partial charge is 0.262 e.